The van der Waals surface area contributed by atoms with Crippen LogP contribution in [0.25, 0.3) is 0 Å². The molecular weight excluding hydrogens is 338 g/mol. The van der Waals surface area contributed by atoms with Crippen LogP contribution in [0.3, 0.4) is 0 Å². The minimum Gasteiger partial charge on any atom is -0.378 e. The van der Waals surface area contributed by atoms with Crippen molar-refractivity contribution in [1.82, 2.24) is 4.90 Å². The summed E-state index contributed by atoms with van der Waals surface area (Å²) in [6.45, 7) is 2.45. The smallest absolute Gasteiger partial charge is 0.322 e. The van der Waals surface area contributed by atoms with Gasteiger partial charge in [0.25, 0.3) is 0 Å². The van der Waals surface area contributed by atoms with Crippen molar-refractivity contribution in [3.05, 3.63) is 54.1 Å². The van der Waals surface area contributed by atoms with Gasteiger partial charge in [-0.15, -0.1) is 0 Å². The number of anilines is 3. The molecule has 0 aliphatic carbocycles. The van der Waals surface area contributed by atoms with Crippen molar-refractivity contribution in [1.29, 1.82) is 0 Å². The summed E-state index contributed by atoms with van der Waals surface area (Å²) in [7, 11) is 3.99. The van der Waals surface area contributed by atoms with Gasteiger partial charge in [-0.2, -0.15) is 0 Å². The van der Waals surface area contributed by atoms with Crippen LogP contribution in [0.1, 0.15) is 0 Å². The number of hydrogen-bond donors (Lipinski definition) is 1. The molecule has 2 amide bonds. The fourth-order valence-corrected chi connectivity index (χ4v) is 2.91. The van der Waals surface area contributed by atoms with Crippen LogP contribution < -0.4 is 15.1 Å². The van der Waals surface area contributed by atoms with Gasteiger partial charge in [0.05, 0.1) is 5.69 Å². The van der Waals surface area contributed by atoms with Gasteiger partial charge in [-0.3, -0.25) is 0 Å². The topological polar surface area (TPSA) is 38.8 Å². The Hall–Kier alpha value is -2.83. The Labute approximate surface area is 151 Å². The molecule has 0 saturated carbocycles. The second-order valence-corrected chi connectivity index (χ2v) is 6.44. The standard InChI is InChI=1S/C19H22F2N4O/c1-23(2)15-4-6-16(7-5-15)24-9-11-25(12-10-24)19(26)22-18-8-3-14(20)13-17(18)21/h3-8,13H,9-12H2,1-2H3,(H,22,26). The van der Waals surface area contributed by atoms with Gasteiger partial charge in [0.2, 0.25) is 0 Å². The zero-order chi connectivity index (χ0) is 18.7. The van der Waals surface area contributed by atoms with E-state index in [0.717, 1.165) is 23.5 Å². The van der Waals surface area contributed by atoms with E-state index >= 15 is 0 Å². The Morgan fingerprint density at radius 2 is 1.65 bits per heavy atom. The van der Waals surface area contributed by atoms with Crippen molar-refractivity contribution in [2.24, 2.45) is 0 Å². The lowest BCUT2D eigenvalue weighted by atomic mass is 10.2. The van der Waals surface area contributed by atoms with Crippen molar-refractivity contribution in [3.8, 4) is 0 Å². The van der Waals surface area contributed by atoms with Crippen LogP contribution in [0.4, 0.5) is 30.6 Å². The van der Waals surface area contributed by atoms with E-state index < -0.39 is 11.6 Å². The van der Waals surface area contributed by atoms with E-state index in [1.807, 2.05) is 19.0 Å². The van der Waals surface area contributed by atoms with Crippen LogP contribution >= 0.6 is 0 Å². The van der Waals surface area contributed by atoms with E-state index in [2.05, 4.69) is 34.5 Å². The number of hydrogen-bond acceptors (Lipinski definition) is 3. The summed E-state index contributed by atoms with van der Waals surface area (Å²) in [5, 5.41) is 2.50. The molecule has 0 unspecified atom stereocenters. The molecule has 0 aromatic heterocycles. The van der Waals surface area contributed by atoms with Crippen molar-refractivity contribution < 1.29 is 13.6 Å². The molecule has 0 atom stereocenters. The van der Waals surface area contributed by atoms with Crippen LogP contribution in [0.2, 0.25) is 0 Å². The molecule has 1 aliphatic heterocycles. The Kier molecular flexibility index (Phi) is 5.25. The van der Waals surface area contributed by atoms with Gasteiger partial charge in [0.15, 0.2) is 0 Å². The maximum Gasteiger partial charge on any atom is 0.322 e. The second kappa shape index (κ2) is 7.59. The highest BCUT2D eigenvalue weighted by atomic mass is 19.1. The van der Waals surface area contributed by atoms with Gasteiger partial charge < -0.3 is 20.0 Å². The SMILES string of the molecule is CN(C)c1ccc(N2CCN(C(=O)Nc3ccc(F)cc3F)CC2)cc1. The minimum atomic E-state index is -0.780. The second-order valence-electron chi connectivity index (χ2n) is 6.44. The first-order valence-electron chi connectivity index (χ1n) is 8.47. The molecule has 1 aliphatic rings. The van der Waals surface area contributed by atoms with Gasteiger partial charge in [-0.05, 0) is 36.4 Å². The molecule has 1 fully saturated rings. The predicted octanol–water partition coefficient (Wildman–Crippen LogP) is 3.38. The van der Waals surface area contributed by atoms with Crippen LogP contribution in [0, 0.1) is 11.6 Å². The molecule has 0 bridgehead atoms. The van der Waals surface area contributed by atoms with E-state index in [4.69, 9.17) is 0 Å². The third-order valence-electron chi connectivity index (χ3n) is 4.47. The van der Waals surface area contributed by atoms with Crippen LogP contribution in [-0.2, 0) is 0 Å². The molecule has 1 N–H and O–H groups in total. The Morgan fingerprint density at radius 1 is 1.00 bits per heavy atom. The fourth-order valence-electron chi connectivity index (χ4n) is 2.91. The van der Waals surface area contributed by atoms with Crippen molar-refractivity contribution >= 4 is 23.1 Å². The third-order valence-corrected chi connectivity index (χ3v) is 4.47. The molecule has 3 rings (SSSR count). The molecule has 5 nitrogen and oxygen atoms in total. The number of nitrogens with one attached hydrogen (secondary N) is 1. The lowest BCUT2D eigenvalue weighted by Gasteiger charge is -2.36. The summed E-state index contributed by atoms with van der Waals surface area (Å²) in [6.07, 6.45) is 0. The maximum atomic E-state index is 13.7. The van der Waals surface area contributed by atoms with Gasteiger partial charge in [-0.25, -0.2) is 13.6 Å². The number of urea groups is 1. The van der Waals surface area contributed by atoms with Gasteiger partial charge in [0.1, 0.15) is 11.6 Å². The zero-order valence-electron chi connectivity index (χ0n) is 14.9. The quantitative estimate of drug-likeness (QED) is 0.912. The summed E-state index contributed by atoms with van der Waals surface area (Å²) >= 11 is 0. The summed E-state index contributed by atoms with van der Waals surface area (Å²) in [5.41, 5.74) is 2.23. The van der Waals surface area contributed by atoms with Crippen LogP contribution in [0.15, 0.2) is 42.5 Å². The number of amides is 2. The normalized spacial score (nSPS) is 14.3. The first-order valence-corrected chi connectivity index (χ1v) is 8.47. The fraction of sp³-hybridized carbons (Fsp3) is 0.316. The minimum absolute atomic E-state index is 0.0156. The summed E-state index contributed by atoms with van der Waals surface area (Å²) in [5.74, 6) is -1.45. The van der Waals surface area contributed by atoms with Gasteiger partial charge in [0, 0.05) is 57.7 Å². The van der Waals surface area contributed by atoms with E-state index in [0.29, 0.717) is 26.2 Å². The number of carbonyl (C=O) groups excluding carboxylic acids is 1. The van der Waals surface area contributed by atoms with Crippen molar-refractivity contribution in [2.75, 3.05) is 55.4 Å². The van der Waals surface area contributed by atoms with Crippen LogP contribution in [0.5, 0.6) is 0 Å². The van der Waals surface area contributed by atoms with Crippen LogP contribution in [-0.4, -0.2) is 51.2 Å². The summed E-state index contributed by atoms with van der Waals surface area (Å²) in [6, 6.07) is 11.0. The molecule has 2 aromatic carbocycles. The predicted molar refractivity (Wildman–Crippen MR) is 99.9 cm³/mol. The molecular formula is C19H22F2N4O. The lowest BCUT2D eigenvalue weighted by molar-refractivity contribution is 0.208. The average Bonchev–Trinajstić information content (AvgIpc) is 2.64. The Morgan fingerprint density at radius 3 is 2.23 bits per heavy atom. The van der Waals surface area contributed by atoms with Crippen molar-refractivity contribution in [2.45, 2.75) is 0 Å². The monoisotopic (exact) mass is 360 g/mol. The van der Waals surface area contributed by atoms with E-state index in [-0.39, 0.29) is 11.7 Å². The van der Waals surface area contributed by atoms with E-state index in [1.54, 1.807) is 4.90 Å². The molecule has 1 saturated heterocycles. The average molecular weight is 360 g/mol. The van der Waals surface area contributed by atoms with Gasteiger partial charge >= 0.3 is 6.03 Å². The maximum absolute atomic E-state index is 13.7. The van der Waals surface area contributed by atoms with Crippen molar-refractivity contribution in [3.63, 3.8) is 0 Å². The molecule has 7 heteroatoms. The molecule has 1 heterocycles. The van der Waals surface area contributed by atoms with E-state index in [9.17, 15) is 13.6 Å². The number of piperazine rings is 1. The Balaban J connectivity index is 1.56. The first kappa shape index (κ1) is 18.0. The number of carbonyl (C=O) groups is 1. The first-order chi connectivity index (χ1) is 12.4. The molecule has 26 heavy (non-hydrogen) atoms. The van der Waals surface area contributed by atoms with Gasteiger partial charge in [-0.1, -0.05) is 0 Å². The molecule has 138 valence electrons. The molecule has 2 aromatic rings. The number of nitrogens with zero attached hydrogens (tertiary/aromatic N) is 3. The lowest BCUT2D eigenvalue weighted by Crippen LogP contribution is -2.50. The number of benzene rings is 2. The highest BCUT2D eigenvalue weighted by Crippen LogP contribution is 2.21. The molecule has 0 spiro atoms. The van der Waals surface area contributed by atoms with E-state index in [1.165, 1.54) is 6.07 Å². The summed E-state index contributed by atoms with van der Waals surface area (Å²) < 4.78 is 26.6. The number of rotatable bonds is 3. The zero-order valence-corrected chi connectivity index (χ0v) is 14.9. The summed E-state index contributed by atoms with van der Waals surface area (Å²) in [4.78, 5) is 18.2. The number of halogens is 2. The largest absolute Gasteiger partial charge is 0.378 e. The molecule has 0 radical (unpaired) electrons. The Bertz CT molecular complexity index is 772. The third kappa shape index (κ3) is 4.04. The highest BCUT2D eigenvalue weighted by molar-refractivity contribution is 5.89. The highest BCUT2D eigenvalue weighted by Gasteiger charge is 2.22.